The molecule has 28 heavy (non-hydrogen) atoms. The lowest BCUT2D eigenvalue weighted by atomic mass is 10.1. The van der Waals surface area contributed by atoms with Gasteiger partial charge >= 0.3 is 5.97 Å². The van der Waals surface area contributed by atoms with E-state index in [-0.39, 0.29) is 30.0 Å². The highest BCUT2D eigenvalue weighted by molar-refractivity contribution is 14.3. The Balaban J connectivity index is 2.46. The van der Waals surface area contributed by atoms with E-state index in [4.69, 9.17) is 8.92 Å². The zero-order valence-electron chi connectivity index (χ0n) is 14.5. The molecule has 0 saturated carbocycles. The third-order valence-electron chi connectivity index (χ3n) is 3.91. The molecule has 1 aromatic carbocycles. The number of aliphatic hydroxyl groups is 1. The van der Waals surface area contributed by atoms with Crippen molar-refractivity contribution in [3.05, 3.63) is 27.8 Å². The Morgan fingerprint density at radius 2 is 2.04 bits per heavy atom. The van der Waals surface area contributed by atoms with Crippen LogP contribution in [0.3, 0.4) is 0 Å². The molecule has 0 aromatic heterocycles. The molecule has 2 rings (SSSR count). The summed E-state index contributed by atoms with van der Waals surface area (Å²) >= 11 is 5.44. The van der Waals surface area contributed by atoms with Crippen LogP contribution < -0.4 is 8.92 Å². The monoisotopic (exact) mass is 656 g/mol. The van der Waals surface area contributed by atoms with Crippen LogP contribution >= 0.6 is 58.2 Å². The van der Waals surface area contributed by atoms with Crippen LogP contribution in [-0.2, 0) is 9.53 Å². The van der Waals surface area contributed by atoms with Crippen molar-refractivity contribution in [2.75, 3.05) is 20.8 Å². The summed E-state index contributed by atoms with van der Waals surface area (Å²) in [7, 11) is 2.51. The second-order valence-corrected chi connectivity index (χ2v) is 23.0. The number of aliphatic hydroxyl groups excluding tert-OH is 1. The zero-order valence-corrected chi connectivity index (χ0v) is 20.6. The second-order valence-electron chi connectivity index (χ2n) is 5.52. The Bertz CT molecular complexity index is 784. The lowest BCUT2D eigenvalue weighted by molar-refractivity contribution is -0.385. The van der Waals surface area contributed by atoms with Crippen molar-refractivity contribution in [3.63, 3.8) is 0 Å². The van der Waals surface area contributed by atoms with Crippen LogP contribution in [0.15, 0.2) is 12.1 Å². The van der Waals surface area contributed by atoms with Gasteiger partial charge in [0.15, 0.2) is 11.5 Å². The van der Waals surface area contributed by atoms with Gasteiger partial charge in [0, 0.05) is 19.0 Å². The van der Waals surface area contributed by atoms with Gasteiger partial charge in [-0.05, 0) is 44.1 Å². The van der Waals surface area contributed by atoms with E-state index < -0.39 is 37.0 Å². The summed E-state index contributed by atoms with van der Waals surface area (Å²) in [6.45, 7) is -0.139. The number of ether oxygens (including phenoxy) is 2. The fourth-order valence-corrected chi connectivity index (χ4v) is 4.84. The number of nitrogens with zero attached hydrogens (tertiary/aromatic N) is 2. The van der Waals surface area contributed by atoms with Gasteiger partial charge in [-0.25, -0.2) is 4.79 Å². The predicted molar refractivity (Wildman–Crippen MR) is 120 cm³/mol. The lowest BCUT2D eigenvalue weighted by Gasteiger charge is -2.22. The summed E-state index contributed by atoms with van der Waals surface area (Å²) in [6, 6.07) is 1.30. The summed E-state index contributed by atoms with van der Waals surface area (Å²) in [4.78, 5) is 36.9. The fraction of sp³-hybridized carbons (Fsp3) is 0.429. The number of β-amino-alcohol motifs (C(OH)–C–C–N with tert-alkyl or cyclic N) is 1. The van der Waals surface area contributed by atoms with E-state index in [1.165, 1.54) is 20.3 Å². The highest BCUT2D eigenvalue weighted by atomic mass is 127. The number of hydrogen-bond acceptors (Lipinski definition) is 9. The molecule has 0 spiro atoms. The van der Waals surface area contributed by atoms with Crippen LogP contribution in [0.4, 0.5) is 5.69 Å². The lowest BCUT2D eigenvalue weighted by Crippen LogP contribution is -2.41. The SMILES string of the molecule is COC(=O)[C@@H]1C[C@@H](O)CN1C(=O)c1cc(OC)c(OSP(I)I)cc1[N+](=O)[O-]. The van der Waals surface area contributed by atoms with E-state index in [0.29, 0.717) is 0 Å². The van der Waals surface area contributed by atoms with Crippen molar-refractivity contribution >= 4 is 75.7 Å². The number of nitro groups is 1. The molecule has 0 unspecified atom stereocenters. The molecule has 14 heteroatoms. The second kappa shape index (κ2) is 10.4. The van der Waals surface area contributed by atoms with Crippen molar-refractivity contribution in [2.45, 2.75) is 18.6 Å². The quantitative estimate of drug-likeness (QED) is 0.117. The summed E-state index contributed by atoms with van der Waals surface area (Å²) in [5, 5.41) is 21.4. The number of carbonyl (C=O) groups is 2. The van der Waals surface area contributed by atoms with Gasteiger partial charge in [-0.1, -0.05) is 0 Å². The third kappa shape index (κ3) is 5.49. The maximum absolute atomic E-state index is 13.0. The molecule has 1 aliphatic rings. The van der Waals surface area contributed by atoms with Crippen LogP contribution in [0.2, 0.25) is 0 Å². The molecule has 0 bridgehead atoms. The molecule has 2 atom stereocenters. The van der Waals surface area contributed by atoms with Gasteiger partial charge < -0.3 is 23.7 Å². The van der Waals surface area contributed by atoms with E-state index in [9.17, 15) is 24.8 Å². The molecule has 10 nitrogen and oxygen atoms in total. The first-order valence-electron chi connectivity index (χ1n) is 7.59. The Labute approximate surface area is 191 Å². The van der Waals surface area contributed by atoms with E-state index >= 15 is 0 Å². The Hall–Kier alpha value is -0.640. The van der Waals surface area contributed by atoms with Crippen molar-refractivity contribution in [3.8, 4) is 11.5 Å². The number of hydrogen-bond donors (Lipinski definition) is 1. The van der Waals surface area contributed by atoms with Crippen molar-refractivity contribution < 1.29 is 33.3 Å². The highest BCUT2D eigenvalue weighted by Gasteiger charge is 2.42. The van der Waals surface area contributed by atoms with E-state index in [1.54, 1.807) is 0 Å². The topological polar surface area (TPSA) is 128 Å². The number of rotatable bonds is 7. The number of esters is 1. The molecule has 0 radical (unpaired) electrons. The number of likely N-dealkylation sites (tertiary alicyclic amines) is 1. The number of benzene rings is 1. The maximum Gasteiger partial charge on any atom is 0.328 e. The summed E-state index contributed by atoms with van der Waals surface area (Å²) in [5.41, 5.74) is -0.758. The Morgan fingerprint density at radius 3 is 2.57 bits per heavy atom. The molecule has 1 fully saturated rings. The van der Waals surface area contributed by atoms with E-state index in [1.807, 2.05) is 0 Å². The molecule has 1 aromatic rings. The first kappa shape index (κ1) is 23.6. The van der Waals surface area contributed by atoms with E-state index in [0.717, 1.165) is 22.6 Å². The smallest absolute Gasteiger partial charge is 0.328 e. The number of amides is 1. The largest absolute Gasteiger partial charge is 0.493 e. The first-order chi connectivity index (χ1) is 13.2. The molecule has 154 valence electrons. The first-order valence-corrected chi connectivity index (χ1v) is 15.8. The Kier molecular flexibility index (Phi) is 8.79. The van der Waals surface area contributed by atoms with E-state index in [2.05, 4.69) is 48.8 Å². The number of methoxy groups -OCH3 is 2. The molecule has 1 aliphatic heterocycles. The summed E-state index contributed by atoms with van der Waals surface area (Å²) < 4.78 is 14.8. The number of carbonyl (C=O) groups excluding carboxylic acids is 2. The predicted octanol–water partition coefficient (Wildman–Crippen LogP) is 3.48. The normalized spacial score (nSPS) is 18.9. The van der Waals surface area contributed by atoms with Gasteiger partial charge in [0.1, 0.15) is 25.7 Å². The van der Waals surface area contributed by atoms with Gasteiger partial charge in [-0.15, -0.1) is 0 Å². The van der Waals surface area contributed by atoms with Crippen molar-refractivity contribution in [2.24, 2.45) is 0 Å². The van der Waals surface area contributed by atoms with Gasteiger partial charge in [0.25, 0.3) is 11.6 Å². The number of halogens is 2. The minimum absolute atomic E-state index is 0.00392. The molecule has 1 heterocycles. The third-order valence-corrected chi connectivity index (χ3v) is 7.73. The summed E-state index contributed by atoms with van der Waals surface area (Å²) in [6.07, 6.45) is -0.935. The van der Waals surface area contributed by atoms with Crippen LogP contribution in [0, 0.1) is 10.1 Å². The highest BCUT2D eigenvalue weighted by Crippen LogP contribution is 2.65. The standard InChI is InChI=1S/C14H15I2N2O8PS/c1-24-11-4-8(9(18(22)23)5-12(11)26-28-27(15)16)13(20)17-6-7(19)3-10(17)14(21)25-2/h4-5,7,10,19H,3,6H2,1-2H3/t7-,10+/m1/s1. The van der Waals surface area contributed by atoms with Crippen LogP contribution in [-0.4, -0.2) is 59.7 Å². The van der Waals surface area contributed by atoms with Gasteiger partial charge in [-0.3, -0.25) is 14.9 Å². The van der Waals surface area contributed by atoms with Gasteiger partial charge in [-0.2, -0.15) is 0 Å². The molecule has 1 N–H and O–H groups in total. The average molecular weight is 656 g/mol. The summed E-state index contributed by atoms with van der Waals surface area (Å²) in [5.74, 6) is -1.22. The molecule has 1 amide bonds. The average Bonchev–Trinajstić information content (AvgIpc) is 3.05. The molecular weight excluding hydrogens is 641 g/mol. The Morgan fingerprint density at radius 1 is 1.36 bits per heavy atom. The van der Waals surface area contributed by atoms with Crippen molar-refractivity contribution in [1.82, 2.24) is 4.90 Å². The molecule has 1 saturated heterocycles. The van der Waals surface area contributed by atoms with Crippen LogP contribution in [0.25, 0.3) is 0 Å². The number of nitro benzene ring substituents is 1. The fourth-order valence-electron chi connectivity index (χ4n) is 2.72. The molecule has 0 aliphatic carbocycles. The van der Waals surface area contributed by atoms with Crippen LogP contribution in [0.1, 0.15) is 16.8 Å². The van der Waals surface area contributed by atoms with Gasteiger partial charge in [0.05, 0.1) is 31.3 Å². The minimum atomic E-state index is -1.02. The maximum atomic E-state index is 13.0. The van der Waals surface area contributed by atoms with Crippen molar-refractivity contribution in [1.29, 1.82) is 0 Å². The van der Waals surface area contributed by atoms with Gasteiger partial charge in [0.2, 0.25) is 0 Å². The zero-order chi connectivity index (χ0) is 21.0. The minimum Gasteiger partial charge on any atom is -0.493 e. The molecular formula is C14H15I2N2O8PS. The van der Waals surface area contributed by atoms with Crippen LogP contribution in [0.5, 0.6) is 11.5 Å².